The molecule has 4 rings (SSSR count). The molecule has 128 valence electrons. The summed E-state index contributed by atoms with van der Waals surface area (Å²) >= 11 is 0. The fraction of sp³-hybridized carbons (Fsp3) is 0.889. The highest BCUT2D eigenvalue weighted by molar-refractivity contribution is 5.83. The minimum absolute atomic E-state index is 0.00364. The number of likely N-dealkylation sites (tertiary alicyclic amines) is 2. The standard InChI is InChI=1S/C18H29N3O2/c22-17(19-16-7-9-20(12-16)10-13-3-4-13)15-2-1-8-21(11-15)18(23)14-5-6-14/h13-16H,1-12H2,(H,19,22). The predicted molar refractivity (Wildman–Crippen MR) is 87.7 cm³/mol. The van der Waals surface area contributed by atoms with Gasteiger partial charge < -0.3 is 15.1 Å². The maximum atomic E-state index is 12.6. The van der Waals surface area contributed by atoms with E-state index in [4.69, 9.17) is 0 Å². The number of nitrogens with one attached hydrogen (secondary N) is 1. The second kappa shape index (κ2) is 6.42. The van der Waals surface area contributed by atoms with Gasteiger partial charge >= 0.3 is 0 Å². The molecule has 2 saturated heterocycles. The third-order valence-electron chi connectivity index (χ3n) is 5.86. The van der Waals surface area contributed by atoms with E-state index in [1.165, 1.54) is 19.4 Å². The van der Waals surface area contributed by atoms with E-state index in [0.29, 0.717) is 18.5 Å². The minimum atomic E-state index is 0.00364. The lowest BCUT2D eigenvalue weighted by Crippen LogP contribution is -2.48. The highest BCUT2D eigenvalue weighted by Crippen LogP contribution is 2.33. The fourth-order valence-corrected chi connectivity index (χ4v) is 4.08. The highest BCUT2D eigenvalue weighted by Gasteiger charge is 2.37. The van der Waals surface area contributed by atoms with Gasteiger partial charge in [-0.2, -0.15) is 0 Å². The van der Waals surface area contributed by atoms with Crippen LogP contribution in [0.25, 0.3) is 0 Å². The molecule has 0 bridgehead atoms. The lowest BCUT2D eigenvalue weighted by Gasteiger charge is -2.32. The van der Waals surface area contributed by atoms with E-state index in [9.17, 15) is 9.59 Å². The Balaban J connectivity index is 1.24. The molecule has 2 amide bonds. The number of amides is 2. The van der Waals surface area contributed by atoms with Crippen molar-refractivity contribution in [3.63, 3.8) is 0 Å². The van der Waals surface area contributed by atoms with Crippen molar-refractivity contribution in [3.8, 4) is 0 Å². The molecule has 2 aliphatic carbocycles. The first-order valence-corrected chi connectivity index (χ1v) is 9.50. The van der Waals surface area contributed by atoms with E-state index in [1.54, 1.807) is 0 Å². The molecule has 2 unspecified atom stereocenters. The highest BCUT2D eigenvalue weighted by atomic mass is 16.2. The van der Waals surface area contributed by atoms with Gasteiger partial charge in [0.25, 0.3) is 0 Å². The molecule has 23 heavy (non-hydrogen) atoms. The molecule has 0 aromatic heterocycles. The normalized spacial score (nSPS) is 32.1. The molecule has 2 aliphatic heterocycles. The van der Waals surface area contributed by atoms with Crippen LogP contribution in [0, 0.1) is 17.8 Å². The molecule has 2 atom stereocenters. The summed E-state index contributed by atoms with van der Waals surface area (Å²) in [6.07, 6.45) is 7.85. The third kappa shape index (κ3) is 3.87. The van der Waals surface area contributed by atoms with Crippen LogP contribution in [0.15, 0.2) is 0 Å². The largest absolute Gasteiger partial charge is 0.352 e. The summed E-state index contributed by atoms with van der Waals surface area (Å²) in [6.45, 7) is 4.84. The van der Waals surface area contributed by atoms with Gasteiger partial charge in [0.15, 0.2) is 0 Å². The molecule has 0 aromatic carbocycles. The number of carbonyl (C=O) groups is 2. The first kappa shape index (κ1) is 15.4. The van der Waals surface area contributed by atoms with Crippen molar-refractivity contribution in [1.82, 2.24) is 15.1 Å². The van der Waals surface area contributed by atoms with Gasteiger partial charge in [-0.25, -0.2) is 0 Å². The van der Waals surface area contributed by atoms with E-state index in [0.717, 1.165) is 57.7 Å². The van der Waals surface area contributed by atoms with E-state index >= 15 is 0 Å². The number of piperidine rings is 1. The zero-order valence-electron chi connectivity index (χ0n) is 14.0. The molecule has 0 radical (unpaired) electrons. The van der Waals surface area contributed by atoms with E-state index in [2.05, 4.69) is 10.2 Å². The van der Waals surface area contributed by atoms with Gasteiger partial charge in [0.05, 0.1) is 5.92 Å². The second-order valence-corrected chi connectivity index (χ2v) is 8.09. The monoisotopic (exact) mass is 319 g/mol. The van der Waals surface area contributed by atoms with Gasteiger partial charge in [-0.15, -0.1) is 0 Å². The van der Waals surface area contributed by atoms with Crippen molar-refractivity contribution in [2.45, 2.75) is 51.0 Å². The number of hydrogen-bond donors (Lipinski definition) is 1. The number of hydrogen-bond acceptors (Lipinski definition) is 3. The summed E-state index contributed by atoms with van der Waals surface area (Å²) in [7, 11) is 0. The Bertz CT molecular complexity index is 473. The summed E-state index contributed by atoms with van der Waals surface area (Å²) in [4.78, 5) is 29.2. The van der Waals surface area contributed by atoms with Crippen LogP contribution < -0.4 is 5.32 Å². The van der Waals surface area contributed by atoms with Gasteiger partial charge in [-0.05, 0) is 50.9 Å². The minimum Gasteiger partial charge on any atom is -0.352 e. The fourth-order valence-electron chi connectivity index (χ4n) is 4.08. The maximum absolute atomic E-state index is 12.6. The van der Waals surface area contributed by atoms with Crippen molar-refractivity contribution in [2.24, 2.45) is 17.8 Å². The van der Waals surface area contributed by atoms with Gasteiger partial charge in [0.2, 0.25) is 11.8 Å². The number of nitrogens with zero attached hydrogens (tertiary/aromatic N) is 2. The van der Waals surface area contributed by atoms with Crippen molar-refractivity contribution >= 4 is 11.8 Å². The van der Waals surface area contributed by atoms with E-state index in [-0.39, 0.29) is 17.7 Å². The Morgan fingerprint density at radius 1 is 0.913 bits per heavy atom. The smallest absolute Gasteiger partial charge is 0.225 e. The summed E-state index contributed by atoms with van der Waals surface area (Å²) in [5.74, 6) is 1.66. The topological polar surface area (TPSA) is 52.7 Å². The van der Waals surface area contributed by atoms with E-state index in [1.807, 2.05) is 4.90 Å². The lowest BCUT2D eigenvalue weighted by molar-refractivity contribution is -0.137. The Kier molecular flexibility index (Phi) is 4.31. The Morgan fingerprint density at radius 2 is 1.74 bits per heavy atom. The summed E-state index contributed by atoms with van der Waals surface area (Å²) in [5, 5.41) is 3.26. The van der Waals surface area contributed by atoms with Crippen LogP contribution in [-0.2, 0) is 9.59 Å². The third-order valence-corrected chi connectivity index (χ3v) is 5.86. The van der Waals surface area contributed by atoms with Crippen LogP contribution in [0.2, 0.25) is 0 Å². The van der Waals surface area contributed by atoms with Gasteiger partial charge in [-0.3, -0.25) is 9.59 Å². The molecule has 0 aromatic rings. The van der Waals surface area contributed by atoms with Gasteiger partial charge in [0, 0.05) is 44.7 Å². The van der Waals surface area contributed by atoms with Crippen molar-refractivity contribution in [2.75, 3.05) is 32.7 Å². The summed E-state index contributed by atoms with van der Waals surface area (Å²) < 4.78 is 0. The van der Waals surface area contributed by atoms with Crippen molar-refractivity contribution in [3.05, 3.63) is 0 Å². The molecule has 0 spiro atoms. The first-order chi connectivity index (χ1) is 11.2. The van der Waals surface area contributed by atoms with Crippen LogP contribution in [-0.4, -0.2) is 60.4 Å². The SMILES string of the molecule is O=C(NC1CCN(CC2CC2)C1)C1CCCN(C(=O)C2CC2)C1. The van der Waals surface area contributed by atoms with Crippen LogP contribution >= 0.6 is 0 Å². The van der Waals surface area contributed by atoms with Gasteiger partial charge in [-0.1, -0.05) is 0 Å². The molecule has 4 aliphatic rings. The average Bonchev–Trinajstić information content (AvgIpc) is 3.47. The quantitative estimate of drug-likeness (QED) is 0.829. The van der Waals surface area contributed by atoms with Crippen molar-refractivity contribution < 1.29 is 9.59 Å². The average molecular weight is 319 g/mol. The van der Waals surface area contributed by atoms with Crippen molar-refractivity contribution in [1.29, 1.82) is 0 Å². The molecule has 4 fully saturated rings. The molecule has 2 saturated carbocycles. The summed E-state index contributed by atoms with van der Waals surface area (Å²) in [6, 6.07) is 0.316. The van der Waals surface area contributed by atoms with E-state index < -0.39 is 0 Å². The number of carbonyl (C=O) groups excluding carboxylic acids is 2. The second-order valence-electron chi connectivity index (χ2n) is 8.09. The molecule has 1 N–H and O–H groups in total. The molecule has 5 nitrogen and oxygen atoms in total. The predicted octanol–water partition coefficient (Wildman–Crippen LogP) is 1.24. The zero-order chi connectivity index (χ0) is 15.8. The Hall–Kier alpha value is -1.10. The van der Waals surface area contributed by atoms with Crippen LogP contribution in [0.5, 0.6) is 0 Å². The Morgan fingerprint density at radius 3 is 2.48 bits per heavy atom. The zero-order valence-corrected chi connectivity index (χ0v) is 14.0. The number of rotatable bonds is 5. The van der Waals surface area contributed by atoms with Crippen LogP contribution in [0.4, 0.5) is 0 Å². The molecular formula is C18H29N3O2. The van der Waals surface area contributed by atoms with Crippen LogP contribution in [0.3, 0.4) is 0 Å². The molecular weight excluding hydrogens is 290 g/mol. The first-order valence-electron chi connectivity index (χ1n) is 9.50. The lowest BCUT2D eigenvalue weighted by atomic mass is 9.96. The Labute approximate surface area is 138 Å². The molecule has 5 heteroatoms. The van der Waals surface area contributed by atoms with Crippen LogP contribution in [0.1, 0.15) is 44.9 Å². The maximum Gasteiger partial charge on any atom is 0.225 e. The molecule has 2 heterocycles. The summed E-state index contributed by atoms with van der Waals surface area (Å²) in [5.41, 5.74) is 0. The van der Waals surface area contributed by atoms with Gasteiger partial charge in [0.1, 0.15) is 0 Å².